The zero-order valence-corrected chi connectivity index (χ0v) is 12.1. The van der Waals surface area contributed by atoms with Crippen LogP contribution in [0.1, 0.15) is 19.8 Å². The van der Waals surface area contributed by atoms with Crippen LogP contribution in [0.25, 0.3) is 17.0 Å². The fourth-order valence-corrected chi connectivity index (χ4v) is 2.28. The van der Waals surface area contributed by atoms with Crippen molar-refractivity contribution in [2.24, 2.45) is 5.92 Å². The number of aryl methyl sites for hydroxylation is 1. The highest BCUT2D eigenvalue weighted by molar-refractivity contribution is 5.92. The third-order valence-corrected chi connectivity index (χ3v) is 3.67. The van der Waals surface area contributed by atoms with Gasteiger partial charge in [-0.1, -0.05) is 11.3 Å². The molecule has 8 heteroatoms. The second-order valence-electron chi connectivity index (χ2n) is 5.34. The smallest absolute Gasteiger partial charge is 0.249 e. The molecule has 22 heavy (non-hydrogen) atoms. The fraction of sp³-hybridized carbons (Fsp3) is 0.357. The van der Waals surface area contributed by atoms with E-state index in [1.165, 1.54) is 0 Å². The van der Waals surface area contributed by atoms with Gasteiger partial charge in [0, 0.05) is 12.5 Å². The summed E-state index contributed by atoms with van der Waals surface area (Å²) >= 11 is 0. The Labute approximate surface area is 126 Å². The van der Waals surface area contributed by atoms with E-state index in [-0.39, 0.29) is 11.8 Å². The molecule has 0 saturated heterocycles. The summed E-state index contributed by atoms with van der Waals surface area (Å²) in [7, 11) is 0. The summed E-state index contributed by atoms with van der Waals surface area (Å²) in [6.07, 6.45) is 3.76. The molecule has 0 spiro atoms. The molecule has 8 nitrogen and oxygen atoms in total. The normalized spacial score (nSPS) is 14.4. The SMILES string of the molecule is CCn1cc(-c2cccc3nc(NC(=O)C4CC4)nn23)nn1. The Balaban J connectivity index is 1.72. The van der Waals surface area contributed by atoms with Crippen molar-refractivity contribution in [2.75, 3.05) is 5.32 Å². The third-order valence-electron chi connectivity index (χ3n) is 3.67. The summed E-state index contributed by atoms with van der Waals surface area (Å²) in [5.74, 6) is 0.442. The van der Waals surface area contributed by atoms with Crippen LogP contribution in [0.15, 0.2) is 24.4 Å². The molecule has 3 aromatic heterocycles. The van der Waals surface area contributed by atoms with Crippen molar-refractivity contribution >= 4 is 17.5 Å². The van der Waals surface area contributed by atoms with Crippen molar-refractivity contribution < 1.29 is 4.79 Å². The van der Waals surface area contributed by atoms with E-state index in [9.17, 15) is 4.79 Å². The van der Waals surface area contributed by atoms with Crippen molar-refractivity contribution in [3.8, 4) is 11.4 Å². The maximum Gasteiger partial charge on any atom is 0.249 e. The molecule has 0 radical (unpaired) electrons. The Hall–Kier alpha value is -2.77. The predicted molar refractivity (Wildman–Crippen MR) is 79.0 cm³/mol. The second kappa shape index (κ2) is 4.90. The maximum atomic E-state index is 11.8. The fourth-order valence-electron chi connectivity index (χ4n) is 2.28. The monoisotopic (exact) mass is 297 g/mol. The molecule has 0 aliphatic heterocycles. The number of hydrogen-bond acceptors (Lipinski definition) is 5. The molecule has 1 N–H and O–H groups in total. The van der Waals surface area contributed by atoms with Crippen LogP contribution in [0.3, 0.4) is 0 Å². The first-order valence-electron chi connectivity index (χ1n) is 7.32. The molecule has 3 aromatic rings. The van der Waals surface area contributed by atoms with E-state index in [4.69, 9.17) is 0 Å². The van der Waals surface area contributed by atoms with Gasteiger partial charge in [0.25, 0.3) is 0 Å². The summed E-state index contributed by atoms with van der Waals surface area (Å²) in [6.45, 7) is 2.75. The zero-order chi connectivity index (χ0) is 15.1. The number of carbonyl (C=O) groups excluding carboxylic acids is 1. The number of pyridine rings is 1. The average molecular weight is 297 g/mol. The number of rotatable bonds is 4. The van der Waals surface area contributed by atoms with Crippen LogP contribution in [0, 0.1) is 5.92 Å². The first-order valence-corrected chi connectivity index (χ1v) is 7.32. The van der Waals surface area contributed by atoms with Gasteiger partial charge in [-0.2, -0.15) is 4.98 Å². The molecule has 112 valence electrons. The van der Waals surface area contributed by atoms with Crippen LogP contribution >= 0.6 is 0 Å². The first-order chi connectivity index (χ1) is 10.7. The highest BCUT2D eigenvalue weighted by atomic mass is 16.2. The minimum absolute atomic E-state index is 0.00520. The molecule has 1 aliphatic rings. The molecule has 4 rings (SSSR count). The molecule has 0 aromatic carbocycles. The van der Waals surface area contributed by atoms with E-state index in [1.54, 1.807) is 9.20 Å². The van der Waals surface area contributed by atoms with Gasteiger partial charge in [0.15, 0.2) is 5.65 Å². The molecular weight excluding hydrogens is 282 g/mol. The third kappa shape index (κ3) is 2.22. The van der Waals surface area contributed by atoms with E-state index in [1.807, 2.05) is 31.3 Å². The topological polar surface area (TPSA) is 90.0 Å². The van der Waals surface area contributed by atoms with Crippen molar-refractivity contribution in [1.29, 1.82) is 0 Å². The van der Waals surface area contributed by atoms with E-state index >= 15 is 0 Å². The number of hydrogen-bond donors (Lipinski definition) is 1. The van der Waals surface area contributed by atoms with Crippen molar-refractivity contribution in [3.05, 3.63) is 24.4 Å². The Morgan fingerprint density at radius 3 is 3.00 bits per heavy atom. The van der Waals surface area contributed by atoms with E-state index in [0.29, 0.717) is 11.6 Å². The van der Waals surface area contributed by atoms with Gasteiger partial charge in [0.1, 0.15) is 5.69 Å². The quantitative estimate of drug-likeness (QED) is 0.785. The average Bonchev–Trinajstić information content (AvgIpc) is 3.13. The Morgan fingerprint density at radius 2 is 2.27 bits per heavy atom. The zero-order valence-electron chi connectivity index (χ0n) is 12.1. The summed E-state index contributed by atoms with van der Waals surface area (Å²) in [4.78, 5) is 16.2. The Morgan fingerprint density at radius 1 is 1.41 bits per heavy atom. The van der Waals surface area contributed by atoms with E-state index < -0.39 is 0 Å². The number of nitrogens with one attached hydrogen (secondary N) is 1. The molecule has 1 aliphatic carbocycles. The molecule has 1 fully saturated rings. The van der Waals surface area contributed by atoms with Gasteiger partial charge >= 0.3 is 0 Å². The number of aromatic nitrogens is 6. The minimum atomic E-state index is -0.00520. The van der Waals surface area contributed by atoms with Gasteiger partial charge < -0.3 is 0 Å². The molecule has 0 bridgehead atoms. The lowest BCUT2D eigenvalue weighted by molar-refractivity contribution is -0.117. The number of nitrogens with zero attached hydrogens (tertiary/aromatic N) is 6. The molecule has 3 heterocycles. The number of amides is 1. The summed E-state index contributed by atoms with van der Waals surface area (Å²) in [5, 5.41) is 15.3. The minimum Gasteiger partial charge on any atom is -0.293 e. The maximum absolute atomic E-state index is 11.8. The standard InChI is InChI=1S/C14H15N7O/c1-2-20-8-10(17-19-20)11-4-3-5-12-15-14(18-21(11)12)16-13(22)9-6-7-9/h3-5,8-9H,2,6-7H2,1H3,(H,16,18,22). The van der Waals surface area contributed by atoms with Crippen LogP contribution in [0.4, 0.5) is 5.95 Å². The molecule has 1 amide bonds. The Bertz CT molecular complexity index is 846. The summed E-state index contributed by atoms with van der Waals surface area (Å²) < 4.78 is 3.42. The van der Waals surface area contributed by atoms with Gasteiger partial charge in [-0.3, -0.25) is 14.8 Å². The van der Waals surface area contributed by atoms with Gasteiger partial charge in [-0.05, 0) is 31.9 Å². The molecular formula is C14H15N7O. The van der Waals surface area contributed by atoms with Crippen LogP contribution in [0.2, 0.25) is 0 Å². The van der Waals surface area contributed by atoms with Gasteiger partial charge in [-0.25, -0.2) is 4.52 Å². The number of fused-ring (bicyclic) bond motifs is 1. The largest absolute Gasteiger partial charge is 0.293 e. The Kier molecular flexibility index (Phi) is 2.88. The summed E-state index contributed by atoms with van der Waals surface area (Å²) in [6, 6.07) is 5.63. The van der Waals surface area contributed by atoms with Crippen LogP contribution < -0.4 is 5.32 Å². The van der Waals surface area contributed by atoms with Crippen molar-refractivity contribution in [2.45, 2.75) is 26.3 Å². The lowest BCUT2D eigenvalue weighted by atomic mass is 10.3. The highest BCUT2D eigenvalue weighted by Gasteiger charge is 2.30. The molecule has 0 unspecified atom stereocenters. The van der Waals surface area contributed by atoms with Gasteiger partial charge in [0.2, 0.25) is 11.9 Å². The number of anilines is 1. The molecule has 0 atom stereocenters. The lowest BCUT2D eigenvalue weighted by Crippen LogP contribution is -2.14. The van der Waals surface area contributed by atoms with E-state index in [2.05, 4.69) is 25.7 Å². The first kappa shape index (κ1) is 12.9. The molecule has 1 saturated carbocycles. The van der Waals surface area contributed by atoms with Crippen LogP contribution in [-0.2, 0) is 11.3 Å². The van der Waals surface area contributed by atoms with Gasteiger partial charge in [0.05, 0.1) is 11.9 Å². The lowest BCUT2D eigenvalue weighted by Gasteiger charge is -1.99. The van der Waals surface area contributed by atoms with Gasteiger partial charge in [-0.15, -0.1) is 10.2 Å². The van der Waals surface area contributed by atoms with Crippen molar-refractivity contribution in [1.82, 2.24) is 29.6 Å². The van der Waals surface area contributed by atoms with Crippen LogP contribution in [0.5, 0.6) is 0 Å². The van der Waals surface area contributed by atoms with Crippen molar-refractivity contribution in [3.63, 3.8) is 0 Å². The van der Waals surface area contributed by atoms with E-state index in [0.717, 1.165) is 30.8 Å². The van der Waals surface area contributed by atoms with Crippen LogP contribution in [-0.4, -0.2) is 35.5 Å². The number of carbonyl (C=O) groups is 1. The summed E-state index contributed by atoms with van der Waals surface area (Å²) in [5.41, 5.74) is 2.17. The highest BCUT2D eigenvalue weighted by Crippen LogP contribution is 2.30. The second-order valence-corrected chi connectivity index (χ2v) is 5.34. The predicted octanol–water partition coefficient (Wildman–Crippen LogP) is 1.36.